The van der Waals surface area contributed by atoms with Crippen molar-refractivity contribution in [1.82, 2.24) is 9.55 Å². The molecule has 0 aliphatic heterocycles. The van der Waals surface area contributed by atoms with Crippen LogP contribution >= 0.6 is 0 Å². The van der Waals surface area contributed by atoms with Crippen molar-refractivity contribution in [1.29, 1.82) is 0 Å². The van der Waals surface area contributed by atoms with Gasteiger partial charge in [-0.05, 0) is 92.8 Å². The first-order valence-corrected chi connectivity index (χ1v) is 11.7. The molecular weight excluding hydrogens is 367 g/mol. The second-order valence-electron chi connectivity index (χ2n) is 10.9. The SMILES string of the molecule is C[C@]12CC[C@H]3[C@@H](CC[C@H]4C[C@@](O)(CF)CC[C@@H]43)[C@@H]1CC[C@@H]2C(=O)Cn1ccnc1. The fraction of sp³-hybridized carbons (Fsp3) is 0.833. The number of aromatic nitrogens is 2. The van der Waals surface area contributed by atoms with Gasteiger partial charge in [-0.3, -0.25) is 4.79 Å². The van der Waals surface area contributed by atoms with Crippen molar-refractivity contribution in [2.45, 2.75) is 76.9 Å². The van der Waals surface area contributed by atoms with Crippen LogP contribution in [0.25, 0.3) is 0 Å². The zero-order valence-corrected chi connectivity index (χ0v) is 17.6. The van der Waals surface area contributed by atoms with Gasteiger partial charge >= 0.3 is 0 Å². The van der Waals surface area contributed by atoms with Gasteiger partial charge in [0.25, 0.3) is 0 Å². The maximum atomic E-state index is 13.3. The summed E-state index contributed by atoms with van der Waals surface area (Å²) in [6.07, 6.45) is 14.6. The van der Waals surface area contributed by atoms with E-state index in [0.29, 0.717) is 42.9 Å². The van der Waals surface area contributed by atoms with Gasteiger partial charge in [-0.1, -0.05) is 6.92 Å². The molecule has 160 valence electrons. The first-order chi connectivity index (χ1) is 13.9. The molecule has 5 rings (SSSR count). The lowest BCUT2D eigenvalue weighted by Crippen LogP contribution is -2.52. The molecule has 0 saturated heterocycles. The molecule has 8 atom stereocenters. The van der Waals surface area contributed by atoms with Crippen LogP contribution in [0.5, 0.6) is 0 Å². The van der Waals surface area contributed by atoms with E-state index in [1.54, 1.807) is 12.5 Å². The fourth-order valence-corrected chi connectivity index (χ4v) is 8.28. The van der Waals surface area contributed by atoms with Crippen LogP contribution in [-0.2, 0) is 11.3 Å². The Hall–Kier alpha value is -1.23. The standard InChI is InChI=1S/C24H35FN2O2/c1-23-8-6-18-17-7-9-24(29,14-25)12-16(17)2-3-19(18)20(23)4-5-21(23)22(28)13-27-11-10-26-15-27/h10-11,15-21,29H,2-9,12-14H2,1H3/t16-,17-,18+,19+,20-,21+,23-,24+/m0/s1. The predicted molar refractivity (Wildman–Crippen MR) is 109 cm³/mol. The highest BCUT2D eigenvalue weighted by atomic mass is 19.1. The van der Waals surface area contributed by atoms with E-state index in [-0.39, 0.29) is 11.3 Å². The lowest BCUT2D eigenvalue weighted by atomic mass is 9.49. The van der Waals surface area contributed by atoms with Crippen LogP contribution in [0.15, 0.2) is 18.7 Å². The molecule has 0 unspecified atom stereocenters. The number of hydrogen-bond donors (Lipinski definition) is 1. The highest BCUT2D eigenvalue weighted by Crippen LogP contribution is 2.64. The van der Waals surface area contributed by atoms with Gasteiger partial charge in [0.2, 0.25) is 0 Å². The molecular formula is C24H35FN2O2. The lowest BCUT2D eigenvalue weighted by molar-refractivity contribution is -0.134. The number of aliphatic hydroxyl groups is 1. The molecule has 4 aliphatic rings. The number of Topliss-reactive ketones (excluding diaryl/α,β-unsaturated/α-hetero) is 1. The van der Waals surface area contributed by atoms with Crippen molar-refractivity contribution >= 4 is 5.78 Å². The van der Waals surface area contributed by atoms with Crippen LogP contribution < -0.4 is 0 Å². The van der Waals surface area contributed by atoms with E-state index in [9.17, 15) is 14.3 Å². The summed E-state index contributed by atoms with van der Waals surface area (Å²) in [4.78, 5) is 17.2. The summed E-state index contributed by atoms with van der Waals surface area (Å²) >= 11 is 0. The lowest BCUT2D eigenvalue weighted by Gasteiger charge is -2.57. The molecule has 1 N–H and O–H groups in total. The number of carbonyl (C=O) groups excluding carboxylic acids is 1. The second-order valence-corrected chi connectivity index (χ2v) is 10.9. The van der Waals surface area contributed by atoms with Crippen LogP contribution in [0.1, 0.15) is 64.7 Å². The largest absolute Gasteiger partial charge is 0.387 e. The van der Waals surface area contributed by atoms with Gasteiger partial charge in [0.15, 0.2) is 5.78 Å². The Morgan fingerprint density at radius 2 is 1.97 bits per heavy atom. The minimum absolute atomic E-state index is 0.139. The van der Waals surface area contributed by atoms with Gasteiger partial charge < -0.3 is 9.67 Å². The maximum absolute atomic E-state index is 13.3. The molecule has 0 spiro atoms. The normalized spacial score (nSPS) is 46.6. The summed E-state index contributed by atoms with van der Waals surface area (Å²) < 4.78 is 15.3. The molecule has 4 saturated carbocycles. The van der Waals surface area contributed by atoms with E-state index in [1.165, 1.54) is 19.3 Å². The number of halogens is 1. The number of nitrogens with zero attached hydrogens (tertiary/aromatic N) is 2. The Balaban J connectivity index is 1.31. The van der Waals surface area contributed by atoms with Gasteiger partial charge in [-0.2, -0.15) is 0 Å². The van der Waals surface area contributed by atoms with Crippen molar-refractivity contribution in [2.24, 2.45) is 40.9 Å². The van der Waals surface area contributed by atoms with Crippen LogP contribution in [0, 0.1) is 40.9 Å². The third-order valence-corrected chi connectivity index (χ3v) is 9.64. The number of imidazole rings is 1. The highest BCUT2D eigenvalue weighted by molar-refractivity contribution is 5.82. The summed E-state index contributed by atoms with van der Waals surface area (Å²) in [5, 5.41) is 10.5. The molecule has 0 aromatic carbocycles. The number of alkyl halides is 1. The van der Waals surface area contributed by atoms with Crippen molar-refractivity contribution in [3.8, 4) is 0 Å². The highest BCUT2D eigenvalue weighted by Gasteiger charge is 2.58. The molecule has 0 radical (unpaired) electrons. The molecule has 4 fully saturated rings. The summed E-state index contributed by atoms with van der Waals surface area (Å²) in [5.41, 5.74) is -0.921. The predicted octanol–water partition coefficient (Wildman–Crippen LogP) is 4.42. The van der Waals surface area contributed by atoms with Gasteiger partial charge in [0.1, 0.15) is 6.67 Å². The Morgan fingerprint density at radius 3 is 2.72 bits per heavy atom. The zero-order chi connectivity index (χ0) is 20.2. The number of rotatable bonds is 4. The van der Waals surface area contributed by atoms with E-state index in [4.69, 9.17) is 0 Å². The van der Waals surface area contributed by atoms with Crippen molar-refractivity contribution in [2.75, 3.05) is 6.67 Å². The Bertz CT molecular complexity index is 752. The maximum Gasteiger partial charge on any atom is 0.156 e. The smallest absolute Gasteiger partial charge is 0.156 e. The third kappa shape index (κ3) is 3.19. The Kier molecular flexibility index (Phi) is 4.88. The minimum atomic E-state index is -1.06. The topological polar surface area (TPSA) is 55.1 Å². The van der Waals surface area contributed by atoms with Crippen LogP contribution in [-0.4, -0.2) is 32.7 Å². The molecule has 29 heavy (non-hydrogen) atoms. The molecule has 4 nitrogen and oxygen atoms in total. The van der Waals surface area contributed by atoms with Gasteiger partial charge in [0, 0.05) is 18.3 Å². The number of fused-ring (bicyclic) bond motifs is 5. The van der Waals surface area contributed by atoms with E-state index in [2.05, 4.69) is 11.9 Å². The Labute approximate surface area is 173 Å². The molecule has 1 aromatic rings. The van der Waals surface area contributed by atoms with E-state index >= 15 is 0 Å². The minimum Gasteiger partial charge on any atom is -0.387 e. The number of carbonyl (C=O) groups is 1. The summed E-state index contributed by atoms with van der Waals surface area (Å²) in [5.74, 6) is 3.81. The average molecular weight is 403 g/mol. The van der Waals surface area contributed by atoms with Crippen molar-refractivity contribution in [3.05, 3.63) is 18.7 Å². The number of ketones is 1. The summed E-state index contributed by atoms with van der Waals surface area (Å²) in [6.45, 7) is 2.26. The zero-order valence-electron chi connectivity index (χ0n) is 17.6. The first kappa shape index (κ1) is 19.7. The quantitative estimate of drug-likeness (QED) is 0.811. The van der Waals surface area contributed by atoms with E-state index in [0.717, 1.165) is 37.5 Å². The van der Waals surface area contributed by atoms with E-state index < -0.39 is 12.3 Å². The molecule has 4 aliphatic carbocycles. The summed E-state index contributed by atoms with van der Waals surface area (Å²) in [6, 6.07) is 0. The fourth-order valence-electron chi connectivity index (χ4n) is 8.28. The average Bonchev–Trinajstić information content (AvgIpc) is 3.34. The van der Waals surface area contributed by atoms with Crippen molar-refractivity contribution < 1.29 is 14.3 Å². The van der Waals surface area contributed by atoms with Crippen LogP contribution in [0.2, 0.25) is 0 Å². The molecule has 0 bridgehead atoms. The third-order valence-electron chi connectivity index (χ3n) is 9.64. The molecule has 5 heteroatoms. The van der Waals surface area contributed by atoms with Gasteiger partial charge in [0.05, 0.1) is 18.5 Å². The van der Waals surface area contributed by atoms with Crippen molar-refractivity contribution in [3.63, 3.8) is 0 Å². The summed E-state index contributed by atoms with van der Waals surface area (Å²) in [7, 11) is 0. The molecule has 1 heterocycles. The van der Waals surface area contributed by atoms with Gasteiger partial charge in [-0.25, -0.2) is 9.37 Å². The molecule has 0 amide bonds. The van der Waals surface area contributed by atoms with Gasteiger partial charge in [-0.15, -0.1) is 0 Å². The first-order valence-electron chi connectivity index (χ1n) is 11.7. The van der Waals surface area contributed by atoms with E-state index in [1.807, 2.05) is 10.8 Å². The monoisotopic (exact) mass is 402 g/mol. The second kappa shape index (κ2) is 7.18. The molecule has 1 aromatic heterocycles. The van der Waals surface area contributed by atoms with Crippen LogP contribution in [0.3, 0.4) is 0 Å². The number of hydrogen-bond acceptors (Lipinski definition) is 3. The van der Waals surface area contributed by atoms with Crippen LogP contribution in [0.4, 0.5) is 4.39 Å². The Morgan fingerprint density at radius 1 is 1.14 bits per heavy atom.